The molecule has 0 radical (unpaired) electrons. The molecule has 4 heterocycles. The molecule has 1 aliphatic rings. The number of rotatable bonds is 8. The normalized spacial score (nSPS) is 13.1. The molecule has 0 unspecified atom stereocenters. The molecule has 1 aliphatic heterocycles. The van der Waals surface area contributed by atoms with Gasteiger partial charge in [-0.15, -0.1) is 11.3 Å². The Morgan fingerprint density at radius 1 is 0.872 bits per heavy atom. The fourth-order valence-electron chi connectivity index (χ4n) is 5.71. The summed E-state index contributed by atoms with van der Waals surface area (Å²) in [7, 11) is 0. The predicted octanol–water partition coefficient (Wildman–Crippen LogP) is 8.48. The fourth-order valence-corrected chi connectivity index (χ4v) is 6.95. The first-order valence-corrected chi connectivity index (χ1v) is 14.6. The fraction of sp³-hybridized carbons (Fsp3) is 0.212. The smallest absolute Gasteiger partial charge is 0.158 e. The lowest BCUT2D eigenvalue weighted by Gasteiger charge is -2.21. The number of aryl methyl sites for hydroxylation is 2. The largest absolute Gasteiger partial charge is 0.350 e. The van der Waals surface area contributed by atoms with Crippen LogP contribution in [0.25, 0.3) is 31.3 Å². The van der Waals surface area contributed by atoms with Crippen molar-refractivity contribution in [2.45, 2.75) is 32.6 Å². The summed E-state index contributed by atoms with van der Waals surface area (Å²) in [6.45, 7) is 3.89. The molecule has 1 N–H and O–H groups in total. The zero-order valence-electron chi connectivity index (χ0n) is 22.1. The van der Waals surface area contributed by atoms with Gasteiger partial charge in [-0.1, -0.05) is 61.0 Å². The van der Waals surface area contributed by atoms with E-state index in [4.69, 9.17) is 4.98 Å². The van der Waals surface area contributed by atoms with Gasteiger partial charge in [0.05, 0.1) is 18.1 Å². The maximum absolute atomic E-state index is 5.07. The van der Waals surface area contributed by atoms with E-state index in [0.717, 1.165) is 44.0 Å². The van der Waals surface area contributed by atoms with Crippen LogP contribution < -0.4 is 9.80 Å². The van der Waals surface area contributed by atoms with Crippen LogP contribution in [0, 0.1) is 6.92 Å². The van der Waals surface area contributed by atoms with Crippen LogP contribution in [-0.2, 0) is 6.42 Å². The van der Waals surface area contributed by atoms with Crippen molar-refractivity contribution in [1.29, 1.82) is 0 Å². The Bertz CT molecular complexity index is 1750. The van der Waals surface area contributed by atoms with Gasteiger partial charge >= 0.3 is 0 Å². The van der Waals surface area contributed by atoms with Crippen molar-refractivity contribution >= 4 is 48.7 Å². The van der Waals surface area contributed by atoms with Crippen molar-refractivity contribution in [3.8, 4) is 11.1 Å². The lowest BCUT2D eigenvalue weighted by Crippen LogP contribution is -2.28. The molecular weight excluding hydrogens is 498 g/mol. The molecule has 5 nitrogen and oxygen atoms in total. The number of para-hydroxylation sites is 1. The first kappa shape index (κ1) is 23.9. The predicted molar refractivity (Wildman–Crippen MR) is 164 cm³/mol. The van der Waals surface area contributed by atoms with Gasteiger partial charge in [0.2, 0.25) is 0 Å². The molecule has 0 atom stereocenters. The molecule has 39 heavy (non-hydrogen) atoms. The SMILES string of the molecule is Cc1cc(CCCCCN2CN(c3ccccc3)c3ncc(-c4cccc5c4sc4ccccc45)cc32)n[nH]1. The van der Waals surface area contributed by atoms with Crippen LogP contribution in [0.15, 0.2) is 91.1 Å². The average Bonchev–Trinajstić information content (AvgIpc) is 3.68. The minimum Gasteiger partial charge on any atom is -0.350 e. The quantitative estimate of drug-likeness (QED) is 0.201. The van der Waals surface area contributed by atoms with Gasteiger partial charge in [0.1, 0.15) is 0 Å². The zero-order valence-corrected chi connectivity index (χ0v) is 22.9. The monoisotopic (exact) mass is 529 g/mol. The highest BCUT2D eigenvalue weighted by atomic mass is 32.1. The second kappa shape index (κ2) is 10.2. The summed E-state index contributed by atoms with van der Waals surface area (Å²) in [5.74, 6) is 1.04. The maximum atomic E-state index is 5.07. The number of aromatic amines is 1. The Balaban J connectivity index is 1.18. The molecule has 0 saturated heterocycles. The van der Waals surface area contributed by atoms with Crippen LogP contribution in [0.3, 0.4) is 0 Å². The molecular formula is C33H31N5S. The lowest BCUT2D eigenvalue weighted by molar-refractivity contribution is 0.654. The summed E-state index contributed by atoms with van der Waals surface area (Å²) in [6, 6.07) is 30.5. The van der Waals surface area contributed by atoms with E-state index in [1.807, 2.05) is 11.3 Å². The molecule has 0 saturated carbocycles. The van der Waals surface area contributed by atoms with E-state index < -0.39 is 0 Å². The molecule has 0 aliphatic carbocycles. The van der Waals surface area contributed by atoms with E-state index in [9.17, 15) is 0 Å². The van der Waals surface area contributed by atoms with Crippen molar-refractivity contribution in [2.75, 3.05) is 23.0 Å². The van der Waals surface area contributed by atoms with Gasteiger partial charge in [-0.3, -0.25) is 5.10 Å². The number of nitrogens with one attached hydrogen (secondary N) is 1. The number of pyridine rings is 1. The minimum absolute atomic E-state index is 0.821. The van der Waals surface area contributed by atoms with E-state index in [0.29, 0.717) is 0 Å². The van der Waals surface area contributed by atoms with E-state index in [1.54, 1.807) is 0 Å². The number of aromatic nitrogens is 3. The van der Waals surface area contributed by atoms with Crippen molar-refractivity contribution in [1.82, 2.24) is 15.2 Å². The highest BCUT2D eigenvalue weighted by molar-refractivity contribution is 7.26. The average molecular weight is 530 g/mol. The number of hydrogen-bond donors (Lipinski definition) is 1. The molecule has 0 spiro atoms. The molecule has 0 bridgehead atoms. The Hall–Kier alpha value is -4.16. The molecule has 0 amide bonds. The summed E-state index contributed by atoms with van der Waals surface area (Å²) in [6.07, 6.45) is 6.56. The highest BCUT2D eigenvalue weighted by Gasteiger charge is 2.28. The van der Waals surface area contributed by atoms with Crippen LogP contribution in [0.5, 0.6) is 0 Å². The number of hydrogen-bond acceptors (Lipinski definition) is 5. The lowest BCUT2D eigenvalue weighted by atomic mass is 10.0. The number of fused-ring (bicyclic) bond motifs is 4. The van der Waals surface area contributed by atoms with Gasteiger partial charge < -0.3 is 9.80 Å². The second-order valence-corrected chi connectivity index (χ2v) is 11.4. The standard InChI is InChI=1S/C33H31N5S/c1-23-19-25(36-35-23)11-4-3-9-18-37-22-38(26-12-5-2-6-13-26)33-30(37)20-24(21-34-33)27-15-10-16-29-28-14-7-8-17-31(28)39-32(27)29/h2,5-8,10,12-17,19-21H,3-4,9,11,18,22H2,1H3,(H,35,36). The van der Waals surface area contributed by atoms with E-state index in [2.05, 4.69) is 118 Å². The van der Waals surface area contributed by atoms with Crippen molar-refractivity contribution in [2.24, 2.45) is 0 Å². The first-order chi connectivity index (χ1) is 19.2. The van der Waals surface area contributed by atoms with Crippen molar-refractivity contribution < 1.29 is 0 Å². The van der Waals surface area contributed by atoms with E-state index >= 15 is 0 Å². The highest BCUT2D eigenvalue weighted by Crippen LogP contribution is 2.44. The summed E-state index contributed by atoms with van der Waals surface area (Å²) >= 11 is 1.87. The third-order valence-corrected chi connectivity index (χ3v) is 8.88. The summed E-state index contributed by atoms with van der Waals surface area (Å²) in [4.78, 5) is 9.91. The number of H-pyrrole nitrogens is 1. The summed E-state index contributed by atoms with van der Waals surface area (Å²) in [5, 5.41) is 10.1. The van der Waals surface area contributed by atoms with E-state index in [1.165, 1.54) is 54.8 Å². The third kappa shape index (κ3) is 4.55. The first-order valence-electron chi connectivity index (χ1n) is 13.7. The van der Waals surface area contributed by atoms with Gasteiger partial charge in [0, 0.05) is 55.4 Å². The number of thiophene rings is 1. The summed E-state index contributed by atoms with van der Waals surface area (Å²) < 4.78 is 2.66. The minimum atomic E-state index is 0.821. The number of unbranched alkanes of at least 4 members (excludes halogenated alkanes) is 2. The van der Waals surface area contributed by atoms with Gasteiger partial charge in [0.15, 0.2) is 5.82 Å². The van der Waals surface area contributed by atoms with Crippen LogP contribution in [-0.4, -0.2) is 28.4 Å². The molecule has 3 aromatic carbocycles. The van der Waals surface area contributed by atoms with Gasteiger partial charge in [0.25, 0.3) is 0 Å². The second-order valence-electron chi connectivity index (χ2n) is 10.4. The van der Waals surface area contributed by atoms with Crippen LogP contribution in [0.1, 0.15) is 30.7 Å². The van der Waals surface area contributed by atoms with Crippen LogP contribution in [0.4, 0.5) is 17.2 Å². The molecule has 6 heteroatoms. The molecule has 3 aromatic heterocycles. The summed E-state index contributed by atoms with van der Waals surface area (Å²) in [5.41, 5.74) is 7.14. The topological polar surface area (TPSA) is 48.1 Å². The zero-order chi connectivity index (χ0) is 26.2. The van der Waals surface area contributed by atoms with Crippen LogP contribution in [0.2, 0.25) is 0 Å². The maximum Gasteiger partial charge on any atom is 0.158 e. The number of nitrogens with zero attached hydrogens (tertiary/aromatic N) is 4. The Kier molecular flexibility index (Phi) is 6.25. The number of anilines is 3. The van der Waals surface area contributed by atoms with Gasteiger partial charge in [-0.2, -0.15) is 5.10 Å². The Morgan fingerprint density at radius 2 is 1.72 bits per heavy atom. The number of benzene rings is 3. The molecule has 0 fully saturated rings. The van der Waals surface area contributed by atoms with Gasteiger partial charge in [-0.25, -0.2) is 4.98 Å². The van der Waals surface area contributed by atoms with Gasteiger partial charge in [-0.05, 0) is 56.5 Å². The van der Waals surface area contributed by atoms with Crippen molar-refractivity contribution in [3.63, 3.8) is 0 Å². The Labute approximate surface area is 232 Å². The van der Waals surface area contributed by atoms with E-state index in [-0.39, 0.29) is 0 Å². The molecule has 7 rings (SSSR count). The van der Waals surface area contributed by atoms with Crippen molar-refractivity contribution in [3.05, 3.63) is 103 Å². The molecule has 6 aromatic rings. The van der Waals surface area contributed by atoms with Crippen LogP contribution >= 0.6 is 11.3 Å². The Morgan fingerprint density at radius 3 is 2.59 bits per heavy atom. The molecule has 194 valence electrons. The third-order valence-electron chi connectivity index (χ3n) is 7.66.